The van der Waals surface area contributed by atoms with Crippen LogP contribution in [0.3, 0.4) is 0 Å². The molecule has 0 aromatic carbocycles. The number of aliphatic hydroxyl groups excluding tert-OH is 11. The zero-order chi connectivity index (χ0) is 25.3. The van der Waals surface area contributed by atoms with Crippen LogP contribution < -0.4 is 0 Å². The Hall–Kier alpha value is -0.640. The number of ether oxygens (including phenoxy) is 5. The van der Waals surface area contributed by atoms with E-state index in [0.29, 0.717) is 0 Å². The van der Waals surface area contributed by atoms with Crippen molar-refractivity contribution in [1.29, 1.82) is 0 Å². The van der Waals surface area contributed by atoms with Crippen molar-refractivity contribution in [2.24, 2.45) is 0 Å². The third kappa shape index (κ3) is 5.52. The molecule has 0 radical (unpaired) electrons. The largest absolute Gasteiger partial charge is 0.394 e. The Morgan fingerprint density at radius 3 is 1.53 bits per heavy atom. The maximum atomic E-state index is 10.6. The molecule has 0 amide bonds. The van der Waals surface area contributed by atoms with Crippen LogP contribution in [0.15, 0.2) is 0 Å². The molecule has 0 aromatic rings. The van der Waals surface area contributed by atoms with E-state index < -0.39 is 112 Å². The molecule has 0 spiro atoms. The van der Waals surface area contributed by atoms with Crippen molar-refractivity contribution in [2.45, 2.75) is 92.1 Å². The van der Waals surface area contributed by atoms with Crippen LogP contribution in [0.5, 0.6) is 0 Å². The summed E-state index contributed by atoms with van der Waals surface area (Å²) in [7, 11) is 0. The summed E-state index contributed by atoms with van der Waals surface area (Å²) < 4.78 is 26.1. The average Bonchev–Trinajstić information content (AvgIpc) is 2.82. The van der Waals surface area contributed by atoms with Gasteiger partial charge in [-0.2, -0.15) is 0 Å². The van der Waals surface area contributed by atoms with Crippen LogP contribution in [0.4, 0.5) is 0 Å². The van der Waals surface area contributed by atoms with Crippen molar-refractivity contribution in [3.63, 3.8) is 0 Å². The minimum atomic E-state index is -1.93. The normalized spacial score (nSPS) is 52.5. The maximum absolute atomic E-state index is 10.6. The van der Waals surface area contributed by atoms with Crippen LogP contribution in [-0.2, 0) is 23.7 Å². The third-order valence-corrected chi connectivity index (χ3v) is 6.07. The predicted molar refractivity (Wildman–Crippen MR) is 101 cm³/mol. The lowest BCUT2D eigenvalue weighted by molar-refractivity contribution is -0.361. The molecule has 3 aliphatic rings. The summed E-state index contributed by atoms with van der Waals surface area (Å²) in [5, 5.41) is 109. The van der Waals surface area contributed by atoms with Gasteiger partial charge in [0.15, 0.2) is 18.9 Å². The Morgan fingerprint density at radius 2 is 1.00 bits per heavy atom. The Kier molecular flexibility index (Phi) is 9.54. The van der Waals surface area contributed by atoms with Gasteiger partial charge in [-0.1, -0.05) is 0 Å². The Bertz CT molecular complexity index is 637. The highest BCUT2D eigenvalue weighted by molar-refractivity contribution is 4.94. The molecule has 3 saturated heterocycles. The standard InChI is InChI=1S/C18H32O16/c19-1-4-7(21)10(24)12(26)17(32-4)30-3-6-9(23)15(14(28)16(29)31-6)34-18-13(27)11(25)8(22)5(2-20)33-18/h4-29H,1-3H2/t4-,5-,6?,7-,8-,9-,10+,11+,12+,13+,14+,15+,16+,17+,18-/m1/s1. The first-order valence-corrected chi connectivity index (χ1v) is 10.6. The van der Waals surface area contributed by atoms with E-state index in [0.717, 1.165) is 0 Å². The molecule has 0 bridgehead atoms. The third-order valence-electron chi connectivity index (χ3n) is 6.07. The van der Waals surface area contributed by atoms with Crippen LogP contribution in [0.25, 0.3) is 0 Å². The molecule has 16 nitrogen and oxygen atoms in total. The minimum Gasteiger partial charge on any atom is -0.394 e. The van der Waals surface area contributed by atoms with Crippen LogP contribution >= 0.6 is 0 Å². The maximum Gasteiger partial charge on any atom is 0.187 e. The van der Waals surface area contributed by atoms with E-state index in [9.17, 15) is 56.2 Å². The average molecular weight is 504 g/mol. The van der Waals surface area contributed by atoms with Gasteiger partial charge in [-0.15, -0.1) is 0 Å². The first kappa shape index (κ1) is 27.9. The van der Waals surface area contributed by atoms with Gasteiger partial charge in [0.25, 0.3) is 0 Å². The molecule has 3 rings (SSSR count). The van der Waals surface area contributed by atoms with E-state index >= 15 is 0 Å². The quantitative estimate of drug-likeness (QED) is 0.154. The first-order chi connectivity index (χ1) is 16.0. The summed E-state index contributed by atoms with van der Waals surface area (Å²) in [6.45, 7) is -2.06. The monoisotopic (exact) mass is 504 g/mol. The molecular weight excluding hydrogens is 472 g/mol. The van der Waals surface area contributed by atoms with Gasteiger partial charge in [-0.25, -0.2) is 0 Å². The van der Waals surface area contributed by atoms with Gasteiger partial charge in [0.05, 0.1) is 19.8 Å². The summed E-state index contributed by atoms with van der Waals surface area (Å²) in [5.41, 5.74) is 0. The molecule has 0 saturated carbocycles. The van der Waals surface area contributed by atoms with Crippen molar-refractivity contribution < 1.29 is 79.9 Å². The summed E-state index contributed by atoms with van der Waals surface area (Å²) in [5.74, 6) is 0. The van der Waals surface area contributed by atoms with E-state index in [2.05, 4.69) is 0 Å². The van der Waals surface area contributed by atoms with E-state index in [4.69, 9.17) is 23.7 Å². The molecular formula is C18H32O16. The van der Waals surface area contributed by atoms with Crippen molar-refractivity contribution in [1.82, 2.24) is 0 Å². The number of hydrogen-bond acceptors (Lipinski definition) is 16. The number of rotatable bonds is 7. The first-order valence-electron chi connectivity index (χ1n) is 10.6. The second-order valence-electron chi connectivity index (χ2n) is 8.37. The lowest BCUT2D eigenvalue weighted by Gasteiger charge is -2.45. The Labute approximate surface area is 192 Å². The Morgan fingerprint density at radius 1 is 0.500 bits per heavy atom. The van der Waals surface area contributed by atoms with Gasteiger partial charge >= 0.3 is 0 Å². The zero-order valence-corrected chi connectivity index (χ0v) is 17.7. The van der Waals surface area contributed by atoms with Crippen LogP contribution in [0.2, 0.25) is 0 Å². The molecule has 16 heteroatoms. The molecule has 3 fully saturated rings. The second-order valence-corrected chi connectivity index (χ2v) is 8.37. The molecule has 34 heavy (non-hydrogen) atoms. The molecule has 3 aliphatic heterocycles. The Balaban J connectivity index is 1.65. The second kappa shape index (κ2) is 11.6. The highest BCUT2D eigenvalue weighted by Gasteiger charge is 2.51. The minimum absolute atomic E-state index is 0.609. The van der Waals surface area contributed by atoms with E-state index in [1.165, 1.54) is 0 Å². The molecule has 11 N–H and O–H groups in total. The lowest BCUT2D eigenvalue weighted by atomic mass is 9.97. The van der Waals surface area contributed by atoms with E-state index in [1.807, 2.05) is 0 Å². The van der Waals surface area contributed by atoms with Gasteiger partial charge in [-0.3, -0.25) is 0 Å². The molecule has 3 heterocycles. The van der Waals surface area contributed by atoms with Crippen molar-refractivity contribution in [3.8, 4) is 0 Å². The fourth-order valence-corrected chi connectivity index (χ4v) is 3.94. The van der Waals surface area contributed by atoms with E-state index in [-0.39, 0.29) is 0 Å². The van der Waals surface area contributed by atoms with Crippen molar-refractivity contribution in [3.05, 3.63) is 0 Å². The molecule has 15 atom stereocenters. The fraction of sp³-hybridized carbons (Fsp3) is 1.00. The highest BCUT2D eigenvalue weighted by atomic mass is 16.7. The molecule has 1 unspecified atom stereocenters. The van der Waals surface area contributed by atoms with Gasteiger partial charge in [0, 0.05) is 0 Å². The number of aliphatic hydroxyl groups is 11. The van der Waals surface area contributed by atoms with Crippen molar-refractivity contribution in [2.75, 3.05) is 19.8 Å². The highest BCUT2D eigenvalue weighted by Crippen LogP contribution is 2.29. The molecule has 0 aliphatic carbocycles. The molecule has 200 valence electrons. The molecule has 0 aromatic heterocycles. The SMILES string of the molecule is OC[C@H]1O[C@H](OCC2O[C@H](O)[C@@H](O)[C@@H](O[C@H]3O[C@H](CO)[C@@H](O)[C@H](O)[C@@H]3O)[C@@H]2O)[C@@H](O)[C@@H](O)[C@@H]1O. The lowest BCUT2D eigenvalue weighted by Crippen LogP contribution is -2.65. The van der Waals surface area contributed by atoms with Gasteiger partial charge in [0.2, 0.25) is 0 Å². The fourth-order valence-electron chi connectivity index (χ4n) is 3.94. The zero-order valence-electron chi connectivity index (χ0n) is 17.7. The van der Waals surface area contributed by atoms with Gasteiger partial charge < -0.3 is 79.9 Å². The van der Waals surface area contributed by atoms with Gasteiger partial charge in [-0.05, 0) is 0 Å². The number of hydrogen-bond donors (Lipinski definition) is 11. The summed E-state index contributed by atoms with van der Waals surface area (Å²) in [6, 6.07) is 0. The van der Waals surface area contributed by atoms with Crippen molar-refractivity contribution >= 4 is 0 Å². The van der Waals surface area contributed by atoms with Crippen LogP contribution in [-0.4, -0.2) is 168 Å². The van der Waals surface area contributed by atoms with E-state index in [1.54, 1.807) is 0 Å². The van der Waals surface area contributed by atoms with Gasteiger partial charge in [0.1, 0.15) is 73.2 Å². The summed E-state index contributed by atoms with van der Waals surface area (Å²) in [6.07, 6.45) is -24.9. The topological polar surface area (TPSA) is 269 Å². The van der Waals surface area contributed by atoms with Crippen LogP contribution in [0.1, 0.15) is 0 Å². The summed E-state index contributed by atoms with van der Waals surface area (Å²) >= 11 is 0. The predicted octanol–water partition coefficient (Wildman–Crippen LogP) is -7.57. The summed E-state index contributed by atoms with van der Waals surface area (Å²) in [4.78, 5) is 0. The smallest absolute Gasteiger partial charge is 0.187 e. The van der Waals surface area contributed by atoms with Crippen LogP contribution in [0, 0.1) is 0 Å².